The fraction of sp³-hybridized carbons (Fsp3) is 0.643. The first-order valence-corrected chi connectivity index (χ1v) is 13.0. The van der Waals surface area contributed by atoms with Crippen molar-refractivity contribution >= 4 is 17.5 Å². The Balaban J connectivity index is 1.39. The first kappa shape index (κ1) is 25.2. The number of ether oxygens (including phenoxy) is 1. The van der Waals surface area contributed by atoms with Crippen molar-refractivity contribution in [1.29, 1.82) is 0 Å². The van der Waals surface area contributed by atoms with Gasteiger partial charge in [0, 0.05) is 30.5 Å². The first-order chi connectivity index (χ1) is 16.8. The summed E-state index contributed by atoms with van der Waals surface area (Å²) in [5, 5.41) is 2.76. The number of amides is 2. The summed E-state index contributed by atoms with van der Waals surface area (Å²) in [7, 11) is 1.90. The maximum Gasteiger partial charge on any atom is 0.573 e. The van der Waals surface area contributed by atoms with Gasteiger partial charge in [0.05, 0.1) is 5.69 Å². The van der Waals surface area contributed by atoms with E-state index < -0.39 is 12.1 Å². The minimum absolute atomic E-state index is 0.0365. The van der Waals surface area contributed by atoms with Gasteiger partial charge in [-0.15, -0.1) is 13.2 Å². The molecule has 1 unspecified atom stereocenters. The summed E-state index contributed by atoms with van der Waals surface area (Å²) in [6.07, 6.45) is 1.09. The van der Waals surface area contributed by atoms with E-state index in [0.717, 1.165) is 38.5 Å². The third kappa shape index (κ3) is 3.91. The van der Waals surface area contributed by atoms with Gasteiger partial charge < -0.3 is 15.0 Å². The minimum Gasteiger partial charge on any atom is -0.404 e. The third-order valence-corrected chi connectivity index (χ3v) is 10.00. The minimum atomic E-state index is -4.83. The number of allylic oxidation sites excluding steroid dienone is 2. The Morgan fingerprint density at radius 3 is 2.56 bits per heavy atom. The normalized spacial score (nSPS) is 36.2. The molecule has 1 saturated heterocycles. The van der Waals surface area contributed by atoms with Crippen LogP contribution in [0.4, 0.5) is 18.9 Å². The predicted molar refractivity (Wildman–Crippen MR) is 130 cm³/mol. The van der Waals surface area contributed by atoms with Crippen LogP contribution in [0.25, 0.3) is 0 Å². The van der Waals surface area contributed by atoms with Crippen molar-refractivity contribution in [3.8, 4) is 5.75 Å². The molecule has 1 aromatic carbocycles. The van der Waals surface area contributed by atoms with Gasteiger partial charge in [0.1, 0.15) is 0 Å². The van der Waals surface area contributed by atoms with Gasteiger partial charge >= 0.3 is 6.36 Å². The van der Waals surface area contributed by atoms with Gasteiger partial charge in [-0.3, -0.25) is 9.59 Å². The monoisotopic (exact) mass is 504 g/mol. The summed E-state index contributed by atoms with van der Waals surface area (Å²) < 4.78 is 42.7. The number of para-hydroxylation sites is 2. The number of nitrogens with zero attached hydrogens (tertiary/aromatic N) is 1. The molecule has 36 heavy (non-hydrogen) atoms. The standard InChI is InChI=1S/C28H35F3N2O3/c1-16-15-17-18-9-10-20(25(35)32-21-7-5-6-8-22(21)36-28(29,30)31)26(18,2)13-11-19(17)27(3)14-12-23(34)33(4)24(16)27/h5-8,17-20H,9-15H2,1-4H3,(H,32,35)/t17-,18-,19+,20?,26-,27+/m0/s1. The van der Waals surface area contributed by atoms with Crippen molar-refractivity contribution in [2.24, 2.45) is 34.5 Å². The van der Waals surface area contributed by atoms with Crippen LogP contribution in [0.1, 0.15) is 65.7 Å². The maximum absolute atomic E-state index is 13.5. The molecule has 0 spiro atoms. The highest BCUT2D eigenvalue weighted by molar-refractivity contribution is 5.94. The fourth-order valence-electron chi connectivity index (χ4n) is 8.54. The van der Waals surface area contributed by atoms with Gasteiger partial charge in [0.2, 0.25) is 11.8 Å². The average molecular weight is 505 g/mol. The smallest absolute Gasteiger partial charge is 0.404 e. The zero-order chi connectivity index (χ0) is 26.0. The highest BCUT2D eigenvalue weighted by Crippen LogP contribution is 2.67. The number of halogens is 3. The number of benzene rings is 1. The van der Waals surface area contributed by atoms with E-state index in [2.05, 4.69) is 30.8 Å². The van der Waals surface area contributed by atoms with Crippen LogP contribution in [0.3, 0.4) is 0 Å². The number of nitrogens with one attached hydrogen (secondary N) is 1. The van der Waals surface area contributed by atoms with E-state index in [1.165, 1.54) is 29.5 Å². The van der Waals surface area contributed by atoms with Crippen LogP contribution in [0.15, 0.2) is 35.5 Å². The Kier molecular flexibility index (Phi) is 5.95. The lowest BCUT2D eigenvalue weighted by atomic mass is 9.48. The second-order valence-electron chi connectivity index (χ2n) is 11.8. The quantitative estimate of drug-likeness (QED) is 0.510. The summed E-state index contributed by atoms with van der Waals surface area (Å²) in [5.74, 6) is 0.570. The first-order valence-electron chi connectivity index (χ1n) is 13.0. The molecule has 4 aliphatic rings. The van der Waals surface area contributed by atoms with Crippen LogP contribution < -0.4 is 10.1 Å². The summed E-state index contributed by atoms with van der Waals surface area (Å²) >= 11 is 0. The predicted octanol–water partition coefficient (Wildman–Crippen LogP) is 6.52. The van der Waals surface area contributed by atoms with E-state index in [9.17, 15) is 22.8 Å². The molecular weight excluding hydrogens is 469 g/mol. The summed E-state index contributed by atoms with van der Waals surface area (Å²) in [5.41, 5.74) is 2.28. The van der Waals surface area contributed by atoms with Crippen LogP contribution in [0.2, 0.25) is 0 Å². The van der Waals surface area contributed by atoms with Crippen molar-refractivity contribution in [3.05, 3.63) is 35.5 Å². The number of likely N-dealkylation sites (tertiary alicyclic amines) is 1. The zero-order valence-electron chi connectivity index (χ0n) is 21.4. The number of carbonyl (C=O) groups is 2. The van der Waals surface area contributed by atoms with Crippen molar-refractivity contribution in [2.75, 3.05) is 12.4 Å². The molecule has 1 N–H and O–H groups in total. The Hall–Kier alpha value is -2.51. The zero-order valence-corrected chi connectivity index (χ0v) is 21.4. The van der Waals surface area contributed by atoms with E-state index in [4.69, 9.17) is 0 Å². The van der Waals surface area contributed by atoms with Crippen molar-refractivity contribution in [3.63, 3.8) is 0 Å². The Morgan fingerprint density at radius 1 is 1.11 bits per heavy atom. The lowest BCUT2D eigenvalue weighted by molar-refractivity contribution is -0.274. The molecule has 0 radical (unpaired) electrons. The molecule has 5 nitrogen and oxygen atoms in total. The highest BCUT2D eigenvalue weighted by Gasteiger charge is 2.61. The van der Waals surface area contributed by atoms with Gasteiger partial charge in [-0.1, -0.05) is 31.6 Å². The van der Waals surface area contributed by atoms with Crippen LogP contribution in [-0.4, -0.2) is 30.1 Å². The number of hydrogen-bond acceptors (Lipinski definition) is 3. The number of alkyl halides is 3. The number of carbonyl (C=O) groups excluding carboxylic acids is 2. The SMILES string of the molecule is CC1=C2N(C)C(=O)CC[C@]2(C)[C@@H]2CC[C@]3(C)C(C(=O)Nc4ccccc4OC(F)(F)F)CC[C@H]3[C@@H]2C1. The summed E-state index contributed by atoms with van der Waals surface area (Å²) in [6.45, 7) is 6.68. The van der Waals surface area contributed by atoms with E-state index in [1.54, 1.807) is 6.07 Å². The molecule has 0 aromatic heterocycles. The van der Waals surface area contributed by atoms with E-state index in [1.807, 2.05) is 11.9 Å². The molecule has 3 aliphatic carbocycles. The van der Waals surface area contributed by atoms with Gasteiger partial charge in [0.25, 0.3) is 0 Å². The largest absolute Gasteiger partial charge is 0.573 e. The number of rotatable bonds is 3. The van der Waals surface area contributed by atoms with Crippen LogP contribution in [0, 0.1) is 34.5 Å². The lowest BCUT2D eigenvalue weighted by Crippen LogP contribution is -2.54. The van der Waals surface area contributed by atoms with Gasteiger partial charge in [0.15, 0.2) is 5.75 Å². The highest BCUT2D eigenvalue weighted by atomic mass is 19.4. The maximum atomic E-state index is 13.5. The summed E-state index contributed by atoms with van der Waals surface area (Å²) in [6, 6.07) is 5.71. The summed E-state index contributed by atoms with van der Waals surface area (Å²) in [4.78, 5) is 27.8. The van der Waals surface area contributed by atoms with Crippen molar-refractivity contribution in [2.45, 2.75) is 72.1 Å². The molecule has 1 heterocycles. The molecule has 5 rings (SSSR count). The lowest BCUT2D eigenvalue weighted by Gasteiger charge is -2.59. The van der Waals surface area contributed by atoms with Gasteiger partial charge in [-0.25, -0.2) is 0 Å². The number of fused-ring (bicyclic) bond motifs is 5. The van der Waals surface area contributed by atoms with E-state index in [0.29, 0.717) is 24.2 Å². The average Bonchev–Trinajstić information content (AvgIpc) is 3.14. The molecule has 2 amide bonds. The fourth-order valence-corrected chi connectivity index (χ4v) is 8.54. The molecule has 1 aromatic rings. The van der Waals surface area contributed by atoms with Crippen molar-refractivity contribution < 1.29 is 27.5 Å². The Labute approximate surface area is 210 Å². The number of piperidine rings is 1. The van der Waals surface area contributed by atoms with E-state index >= 15 is 0 Å². The molecule has 3 fully saturated rings. The van der Waals surface area contributed by atoms with Crippen molar-refractivity contribution in [1.82, 2.24) is 4.90 Å². The molecule has 2 saturated carbocycles. The molecule has 196 valence electrons. The Morgan fingerprint density at radius 2 is 1.83 bits per heavy atom. The second kappa shape index (κ2) is 8.52. The molecule has 6 atom stereocenters. The van der Waals surface area contributed by atoms with Crippen LogP contribution in [-0.2, 0) is 9.59 Å². The molecule has 8 heteroatoms. The molecule has 0 bridgehead atoms. The van der Waals surface area contributed by atoms with Gasteiger partial charge in [-0.2, -0.15) is 0 Å². The van der Waals surface area contributed by atoms with Gasteiger partial charge in [-0.05, 0) is 80.8 Å². The number of hydrogen-bond donors (Lipinski definition) is 1. The van der Waals surface area contributed by atoms with Crippen LogP contribution >= 0.6 is 0 Å². The second-order valence-corrected chi connectivity index (χ2v) is 11.8. The topological polar surface area (TPSA) is 58.6 Å². The third-order valence-electron chi connectivity index (χ3n) is 10.00. The Bertz CT molecular complexity index is 1120. The van der Waals surface area contributed by atoms with E-state index in [-0.39, 0.29) is 34.2 Å². The molecule has 1 aliphatic heterocycles. The van der Waals surface area contributed by atoms with Crippen LogP contribution in [0.5, 0.6) is 5.75 Å². The molecular formula is C28H35F3N2O3. The number of anilines is 1.